The zero-order valence-corrected chi connectivity index (χ0v) is 19.6. The van der Waals surface area contributed by atoms with Crippen LogP contribution in [0.5, 0.6) is 11.5 Å². The average Bonchev–Trinajstić information content (AvgIpc) is 3.17. The van der Waals surface area contributed by atoms with Gasteiger partial charge >= 0.3 is 5.69 Å². The number of nitrogens with one attached hydrogen (secondary N) is 1. The maximum atomic E-state index is 12.6. The third-order valence-corrected chi connectivity index (χ3v) is 6.29. The van der Waals surface area contributed by atoms with E-state index in [4.69, 9.17) is 0 Å². The number of hydrogen-bond acceptors (Lipinski definition) is 6. The minimum atomic E-state index is -0.386. The number of phenols is 2. The summed E-state index contributed by atoms with van der Waals surface area (Å²) in [6.07, 6.45) is 1.19. The first-order valence-electron chi connectivity index (χ1n) is 11.6. The number of nitrogens with zero attached hydrogens (tertiary/aromatic N) is 4. The Morgan fingerprint density at radius 2 is 1.67 bits per heavy atom. The molecule has 2 aromatic carbocycles. The average molecular weight is 452 g/mol. The second-order valence-electron chi connectivity index (χ2n) is 9.05. The molecule has 0 atom stereocenters. The third kappa shape index (κ3) is 4.96. The van der Waals surface area contributed by atoms with Crippen LogP contribution in [-0.2, 0) is 6.54 Å². The van der Waals surface area contributed by atoms with Crippen molar-refractivity contribution in [2.75, 3.05) is 32.7 Å². The Balaban J connectivity index is 1.56. The molecule has 1 aromatic heterocycles. The van der Waals surface area contributed by atoms with Crippen molar-refractivity contribution in [2.45, 2.75) is 39.7 Å². The molecule has 3 N–H and O–H groups in total. The summed E-state index contributed by atoms with van der Waals surface area (Å²) in [5.74, 6) is 0.248. The van der Waals surface area contributed by atoms with Gasteiger partial charge in [-0.05, 0) is 48.2 Å². The van der Waals surface area contributed by atoms with E-state index in [0.29, 0.717) is 22.6 Å². The van der Waals surface area contributed by atoms with Crippen molar-refractivity contribution in [1.29, 1.82) is 0 Å². The van der Waals surface area contributed by atoms with Crippen LogP contribution in [0.15, 0.2) is 41.2 Å². The van der Waals surface area contributed by atoms with Crippen LogP contribution in [0, 0.1) is 0 Å². The fraction of sp³-hybridized carbons (Fsp3) is 0.440. The SMILES string of the molecule is CCCN1CCN(Cc2ccc(-n3c(-c4cc(C(C)C)c(O)cc4O)n[nH]c3=O)cc2)CC1. The second-order valence-corrected chi connectivity index (χ2v) is 9.05. The van der Waals surface area contributed by atoms with Gasteiger partial charge in [-0.25, -0.2) is 14.5 Å². The number of aromatic hydroxyl groups is 2. The molecule has 1 aliphatic heterocycles. The number of piperazine rings is 1. The summed E-state index contributed by atoms with van der Waals surface area (Å²) in [6.45, 7) is 12.5. The van der Waals surface area contributed by atoms with Crippen molar-refractivity contribution in [3.05, 3.63) is 58.0 Å². The molecule has 2 heterocycles. The van der Waals surface area contributed by atoms with Gasteiger partial charge in [0.05, 0.1) is 11.3 Å². The molecule has 0 aliphatic carbocycles. The molecule has 1 saturated heterocycles. The van der Waals surface area contributed by atoms with Gasteiger partial charge in [-0.1, -0.05) is 32.9 Å². The summed E-state index contributed by atoms with van der Waals surface area (Å²) in [6, 6.07) is 10.9. The highest BCUT2D eigenvalue weighted by Gasteiger charge is 2.20. The Kier molecular flexibility index (Phi) is 6.85. The first-order chi connectivity index (χ1) is 15.9. The molecule has 8 nitrogen and oxygen atoms in total. The Morgan fingerprint density at radius 1 is 1.00 bits per heavy atom. The van der Waals surface area contributed by atoms with Gasteiger partial charge in [-0.15, -0.1) is 0 Å². The van der Waals surface area contributed by atoms with E-state index in [1.54, 1.807) is 6.07 Å². The lowest BCUT2D eigenvalue weighted by molar-refractivity contribution is 0.127. The van der Waals surface area contributed by atoms with Crippen molar-refractivity contribution < 1.29 is 10.2 Å². The van der Waals surface area contributed by atoms with Gasteiger partial charge in [0.15, 0.2) is 5.82 Å². The van der Waals surface area contributed by atoms with Crippen LogP contribution in [-0.4, -0.2) is 67.5 Å². The molecule has 0 spiro atoms. The monoisotopic (exact) mass is 451 g/mol. The lowest BCUT2D eigenvalue weighted by Gasteiger charge is -2.34. The lowest BCUT2D eigenvalue weighted by Crippen LogP contribution is -2.45. The van der Waals surface area contributed by atoms with Crippen LogP contribution >= 0.6 is 0 Å². The minimum Gasteiger partial charge on any atom is -0.508 e. The van der Waals surface area contributed by atoms with Crippen LogP contribution in [0.3, 0.4) is 0 Å². The zero-order chi connectivity index (χ0) is 23.5. The van der Waals surface area contributed by atoms with Crippen LogP contribution in [0.2, 0.25) is 0 Å². The molecule has 0 amide bonds. The Hall–Kier alpha value is -3.10. The van der Waals surface area contributed by atoms with Crippen molar-refractivity contribution in [1.82, 2.24) is 24.6 Å². The number of H-pyrrole nitrogens is 1. The molecular formula is C25H33N5O3. The van der Waals surface area contributed by atoms with Crippen molar-refractivity contribution in [2.24, 2.45) is 0 Å². The smallest absolute Gasteiger partial charge is 0.348 e. The number of rotatable bonds is 7. The summed E-state index contributed by atoms with van der Waals surface area (Å²) < 4.78 is 1.45. The van der Waals surface area contributed by atoms with Gasteiger partial charge in [0.2, 0.25) is 0 Å². The summed E-state index contributed by atoms with van der Waals surface area (Å²) in [4.78, 5) is 17.6. The maximum absolute atomic E-state index is 12.6. The van der Waals surface area contributed by atoms with E-state index in [9.17, 15) is 15.0 Å². The Bertz CT molecular complexity index is 1140. The molecule has 176 valence electrons. The van der Waals surface area contributed by atoms with E-state index < -0.39 is 0 Å². The van der Waals surface area contributed by atoms with Crippen molar-refractivity contribution in [3.63, 3.8) is 0 Å². The number of phenolic OH excluding ortho intramolecular Hbond substituents is 2. The molecule has 33 heavy (non-hydrogen) atoms. The minimum absolute atomic E-state index is 0.0237. The summed E-state index contributed by atoms with van der Waals surface area (Å²) in [5.41, 5.74) is 2.54. The maximum Gasteiger partial charge on any atom is 0.348 e. The number of aromatic nitrogens is 3. The van der Waals surface area contributed by atoms with Crippen molar-refractivity contribution >= 4 is 0 Å². The van der Waals surface area contributed by atoms with E-state index in [2.05, 4.69) is 26.9 Å². The van der Waals surface area contributed by atoms with E-state index in [-0.39, 0.29) is 23.1 Å². The fourth-order valence-electron chi connectivity index (χ4n) is 4.45. The standard InChI is InChI=1S/C25H33N5O3/c1-4-9-28-10-12-29(13-11-28)16-18-5-7-19(8-6-18)30-24(26-27-25(30)33)21-14-20(17(2)3)22(31)15-23(21)32/h5-8,14-15,17,31-32H,4,9-13,16H2,1-3H3,(H,27,33). The summed E-state index contributed by atoms with van der Waals surface area (Å²) in [5, 5.41) is 27.3. The van der Waals surface area contributed by atoms with Gasteiger partial charge in [0.25, 0.3) is 0 Å². The topological polar surface area (TPSA) is 97.6 Å². The fourth-order valence-corrected chi connectivity index (χ4v) is 4.45. The first-order valence-corrected chi connectivity index (χ1v) is 11.6. The lowest BCUT2D eigenvalue weighted by atomic mass is 9.98. The summed E-state index contributed by atoms with van der Waals surface area (Å²) in [7, 11) is 0. The number of aromatic amines is 1. The highest BCUT2D eigenvalue weighted by molar-refractivity contribution is 5.69. The molecule has 0 bridgehead atoms. The van der Waals surface area contributed by atoms with Gasteiger partial charge in [-0.3, -0.25) is 4.90 Å². The van der Waals surface area contributed by atoms with E-state index in [1.807, 2.05) is 38.1 Å². The summed E-state index contributed by atoms with van der Waals surface area (Å²) >= 11 is 0. The van der Waals surface area contributed by atoms with Gasteiger partial charge < -0.3 is 15.1 Å². The van der Waals surface area contributed by atoms with E-state index in [1.165, 1.54) is 29.2 Å². The predicted molar refractivity (Wildman–Crippen MR) is 129 cm³/mol. The molecule has 1 aliphatic rings. The van der Waals surface area contributed by atoms with Crippen LogP contribution in [0.4, 0.5) is 0 Å². The number of hydrogen-bond donors (Lipinski definition) is 3. The highest BCUT2D eigenvalue weighted by atomic mass is 16.3. The van der Waals surface area contributed by atoms with Crippen LogP contribution in [0.25, 0.3) is 17.1 Å². The quantitative estimate of drug-likeness (QED) is 0.510. The third-order valence-electron chi connectivity index (χ3n) is 6.29. The van der Waals surface area contributed by atoms with Gasteiger partial charge in [-0.2, -0.15) is 5.10 Å². The van der Waals surface area contributed by atoms with Gasteiger partial charge in [0.1, 0.15) is 11.5 Å². The predicted octanol–water partition coefficient (Wildman–Crippen LogP) is 3.29. The first kappa shape index (κ1) is 23.1. The van der Waals surface area contributed by atoms with E-state index >= 15 is 0 Å². The largest absolute Gasteiger partial charge is 0.508 e. The molecular weight excluding hydrogens is 418 g/mol. The van der Waals surface area contributed by atoms with Crippen LogP contribution in [0.1, 0.15) is 44.2 Å². The molecule has 0 unspecified atom stereocenters. The van der Waals surface area contributed by atoms with E-state index in [0.717, 1.165) is 32.7 Å². The molecule has 0 radical (unpaired) electrons. The molecule has 1 fully saturated rings. The molecule has 4 rings (SSSR count). The second kappa shape index (κ2) is 9.80. The Labute approximate surface area is 194 Å². The van der Waals surface area contributed by atoms with Crippen molar-refractivity contribution in [3.8, 4) is 28.6 Å². The Morgan fingerprint density at radius 3 is 2.30 bits per heavy atom. The normalized spacial score (nSPS) is 15.4. The number of benzene rings is 2. The highest BCUT2D eigenvalue weighted by Crippen LogP contribution is 2.37. The van der Waals surface area contributed by atoms with Crippen LogP contribution < -0.4 is 5.69 Å². The molecule has 0 saturated carbocycles. The molecule has 8 heteroatoms. The zero-order valence-electron chi connectivity index (χ0n) is 19.6. The molecule has 3 aromatic rings. The van der Waals surface area contributed by atoms with Gasteiger partial charge in [0, 0.05) is 38.8 Å².